The zero-order valence-electron chi connectivity index (χ0n) is 16.8. The van der Waals surface area contributed by atoms with Gasteiger partial charge < -0.3 is 0 Å². The Labute approximate surface area is 179 Å². The number of benzene rings is 2. The van der Waals surface area contributed by atoms with E-state index >= 15 is 0 Å². The molecular formula is C23H21F3N2O2S. The lowest BCUT2D eigenvalue weighted by Gasteiger charge is -2.11. The SMILES string of the molecule is C=C/C=C/c1c(-c2ccc(S(C)(=O)=O)cc2)nn(CCc2ccccc2)c1C(F)(F)F. The van der Waals surface area contributed by atoms with E-state index in [1.54, 1.807) is 0 Å². The number of alkyl halides is 3. The van der Waals surface area contributed by atoms with Crippen LogP contribution in [0.1, 0.15) is 16.8 Å². The predicted octanol–water partition coefficient (Wildman–Crippen LogP) is 5.41. The average Bonchev–Trinajstić information content (AvgIpc) is 3.10. The van der Waals surface area contributed by atoms with Crippen molar-refractivity contribution < 1.29 is 21.6 Å². The molecule has 31 heavy (non-hydrogen) atoms. The summed E-state index contributed by atoms with van der Waals surface area (Å²) >= 11 is 0. The quantitative estimate of drug-likeness (QED) is 0.456. The number of allylic oxidation sites excluding steroid dienone is 2. The van der Waals surface area contributed by atoms with Gasteiger partial charge in [-0.3, -0.25) is 4.68 Å². The van der Waals surface area contributed by atoms with E-state index in [1.807, 2.05) is 30.3 Å². The summed E-state index contributed by atoms with van der Waals surface area (Å²) < 4.78 is 66.4. The maximum atomic E-state index is 14.0. The number of aromatic nitrogens is 2. The van der Waals surface area contributed by atoms with Crippen LogP contribution in [0.15, 0.2) is 78.2 Å². The number of sulfone groups is 1. The molecule has 4 nitrogen and oxygen atoms in total. The molecule has 3 aromatic rings. The number of hydrogen-bond acceptors (Lipinski definition) is 3. The maximum absolute atomic E-state index is 14.0. The van der Waals surface area contributed by atoms with Gasteiger partial charge in [0.05, 0.1) is 4.90 Å². The fourth-order valence-corrected chi connectivity index (χ4v) is 3.84. The largest absolute Gasteiger partial charge is 0.433 e. The summed E-state index contributed by atoms with van der Waals surface area (Å²) in [6.45, 7) is 3.57. The van der Waals surface area contributed by atoms with Crippen molar-refractivity contribution in [1.82, 2.24) is 9.78 Å². The Morgan fingerprint density at radius 1 is 1.06 bits per heavy atom. The van der Waals surface area contributed by atoms with Crippen molar-refractivity contribution in [3.63, 3.8) is 0 Å². The molecule has 1 heterocycles. The summed E-state index contributed by atoms with van der Waals surface area (Å²) in [7, 11) is -3.42. The van der Waals surface area contributed by atoms with Gasteiger partial charge in [-0.2, -0.15) is 18.3 Å². The molecule has 2 aromatic carbocycles. The number of halogens is 3. The van der Waals surface area contributed by atoms with Gasteiger partial charge in [-0.25, -0.2) is 8.42 Å². The van der Waals surface area contributed by atoms with Crippen molar-refractivity contribution in [3.05, 3.63) is 90.1 Å². The summed E-state index contributed by atoms with van der Waals surface area (Å²) in [5.74, 6) is 0. The second-order valence-corrected chi connectivity index (χ2v) is 8.97. The van der Waals surface area contributed by atoms with Gasteiger partial charge in [0, 0.05) is 23.9 Å². The van der Waals surface area contributed by atoms with E-state index in [-0.39, 0.29) is 22.7 Å². The summed E-state index contributed by atoms with van der Waals surface area (Å²) in [4.78, 5) is 0.0824. The first kappa shape index (κ1) is 22.6. The highest BCUT2D eigenvalue weighted by Gasteiger charge is 2.39. The molecule has 3 rings (SSSR count). The fraction of sp³-hybridized carbons (Fsp3) is 0.174. The summed E-state index contributed by atoms with van der Waals surface area (Å²) in [6, 6.07) is 14.8. The molecule has 0 aliphatic heterocycles. The number of rotatable bonds is 7. The van der Waals surface area contributed by atoms with Crippen LogP contribution < -0.4 is 0 Å². The van der Waals surface area contributed by atoms with Gasteiger partial charge in [0.15, 0.2) is 9.84 Å². The van der Waals surface area contributed by atoms with E-state index in [0.29, 0.717) is 12.0 Å². The van der Waals surface area contributed by atoms with E-state index in [0.717, 1.165) is 16.5 Å². The van der Waals surface area contributed by atoms with Gasteiger partial charge >= 0.3 is 6.18 Å². The molecule has 0 radical (unpaired) electrons. The molecule has 0 unspecified atom stereocenters. The Morgan fingerprint density at radius 2 is 1.71 bits per heavy atom. The minimum atomic E-state index is -4.63. The van der Waals surface area contributed by atoms with Gasteiger partial charge in [-0.15, -0.1) is 0 Å². The van der Waals surface area contributed by atoms with Crippen LogP contribution in [0.5, 0.6) is 0 Å². The normalized spacial score (nSPS) is 12.4. The highest BCUT2D eigenvalue weighted by atomic mass is 32.2. The zero-order chi connectivity index (χ0) is 22.6. The molecule has 0 saturated carbocycles. The molecule has 1 aromatic heterocycles. The van der Waals surface area contributed by atoms with Gasteiger partial charge in [0.1, 0.15) is 11.4 Å². The lowest BCUT2D eigenvalue weighted by molar-refractivity contribution is -0.144. The first-order valence-electron chi connectivity index (χ1n) is 9.43. The lowest BCUT2D eigenvalue weighted by atomic mass is 10.0. The highest BCUT2D eigenvalue weighted by molar-refractivity contribution is 7.90. The van der Waals surface area contributed by atoms with E-state index in [1.165, 1.54) is 42.5 Å². The maximum Gasteiger partial charge on any atom is 0.433 e. The monoisotopic (exact) mass is 446 g/mol. The lowest BCUT2D eigenvalue weighted by Crippen LogP contribution is -2.17. The number of hydrogen-bond donors (Lipinski definition) is 0. The van der Waals surface area contributed by atoms with Crippen LogP contribution in [-0.2, 0) is 29.0 Å². The van der Waals surface area contributed by atoms with Gasteiger partial charge in [-0.1, -0.05) is 67.3 Å². The molecule has 0 fully saturated rings. The van der Waals surface area contributed by atoms with Gasteiger partial charge in [0.2, 0.25) is 0 Å². The van der Waals surface area contributed by atoms with E-state index in [9.17, 15) is 21.6 Å². The molecule has 8 heteroatoms. The molecule has 0 spiro atoms. The number of aryl methyl sites for hydroxylation is 2. The summed E-state index contributed by atoms with van der Waals surface area (Å²) in [6.07, 6.45) is 0.945. The third kappa shape index (κ3) is 5.32. The Kier molecular flexibility index (Phi) is 6.50. The summed E-state index contributed by atoms with van der Waals surface area (Å²) in [5.41, 5.74) is 0.461. The molecule has 0 bridgehead atoms. The molecular weight excluding hydrogens is 425 g/mol. The predicted molar refractivity (Wildman–Crippen MR) is 115 cm³/mol. The Morgan fingerprint density at radius 3 is 2.26 bits per heavy atom. The third-order valence-electron chi connectivity index (χ3n) is 4.67. The van der Waals surface area contributed by atoms with Crippen molar-refractivity contribution in [3.8, 4) is 11.3 Å². The van der Waals surface area contributed by atoms with Crippen LogP contribution >= 0.6 is 0 Å². The smallest absolute Gasteiger partial charge is 0.259 e. The van der Waals surface area contributed by atoms with Crippen LogP contribution in [0.3, 0.4) is 0 Å². The Balaban J connectivity index is 2.12. The summed E-state index contributed by atoms with van der Waals surface area (Å²) in [5, 5.41) is 4.27. The van der Waals surface area contributed by atoms with Crippen LogP contribution in [-0.4, -0.2) is 24.5 Å². The van der Waals surface area contributed by atoms with Crippen molar-refractivity contribution in [2.24, 2.45) is 0 Å². The molecule has 162 valence electrons. The third-order valence-corrected chi connectivity index (χ3v) is 5.80. The Bertz CT molecular complexity index is 1190. The van der Waals surface area contributed by atoms with Crippen LogP contribution in [0.2, 0.25) is 0 Å². The van der Waals surface area contributed by atoms with Crippen molar-refractivity contribution in [2.45, 2.75) is 24.0 Å². The van der Waals surface area contributed by atoms with Crippen molar-refractivity contribution in [1.29, 1.82) is 0 Å². The topological polar surface area (TPSA) is 52.0 Å². The molecule has 0 saturated heterocycles. The minimum absolute atomic E-state index is 0.0369. The van der Waals surface area contributed by atoms with E-state index in [4.69, 9.17) is 0 Å². The highest BCUT2D eigenvalue weighted by Crippen LogP contribution is 2.38. The van der Waals surface area contributed by atoms with Crippen LogP contribution in [0, 0.1) is 0 Å². The van der Waals surface area contributed by atoms with Crippen molar-refractivity contribution in [2.75, 3.05) is 6.26 Å². The second kappa shape index (κ2) is 8.93. The van der Waals surface area contributed by atoms with Gasteiger partial charge in [-0.05, 0) is 24.1 Å². The van der Waals surface area contributed by atoms with Crippen LogP contribution in [0.4, 0.5) is 13.2 Å². The second-order valence-electron chi connectivity index (χ2n) is 6.96. The van der Waals surface area contributed by atoms with E-state index < -0.39 is 21.7 Å². The molecule has 0 aliphatic rings. The molecule has 0 amide bonds. The Hall–Kier alpha value is -3.13. The first-order chi connectivity index (χ1) is 14.6. The number of nitrogens with zero attached hydrogens (tertiary/aromatic N) is 2. The molecule has 0 atom stereocenters. The standard InChI is InChI=1S/C23H21F3N2O2S/c1-3-4-10-20-21(18-11-13-19(14-12-18)31(2,29)30)27-28(22(20)23(24,25)26)16-15-17-8-6-5-7-9-17/h3-14H,1,15-16H2,2H3/b10-4+. The zero-order valence-corrected chi connectivity index (χ0v) is 17.6. The molecule has 0 aliphatic carbocycles. The average molecular weight is 446 g/mol. The van der Waals surface area contributed by atoms with Gasteiger partial charge in [0.25, 0.3) is 0 Å². The first-order valence-corrected chi connectivity index (χ1v) is 11.3. The molecule has 0 N–H and O–H groups in total. The minimum Gasteiger partial charge on any atom is -0.259 e. The van der Waals surface area contributed by atoms with Crippen molar-refractivity contribution >= 4 is 15.9 Å². The fourth-order valence-electron chi connectivity index (χ4n) is 3.21. The van der Waals surface area contributed by atoms with Crippen LogP contribution in [0.25, 0.3) is 17.3 Å². The van der Waals surface area contributed by atoms with E-state index in [2.05, 4.69) is 11.7 Å².